The minimum Gasteiger partial charge on any atom is -0.325 e. The van der Waals surface area contributed by atoms with Gasteiger partial charge in [0.15, 0.2) is 0 Å². The molecule has 22 heavy (non-hydrogen) atoms. The van der Waals surface area contributed by atoms with E-state index in [1.165, 1.54) is 38.5 Å². The molecule has 0 aromatic heterocycles. The molecule has 1 amide bonds. The van der Waals surface area contributed by atoms with Gasteiger partial charge in [0.25, 0.3) is 0 Å². The van der Waals surface area contributed by atoms with E-state index in [0.717, 1.165) is 23.4 Å². The van der Waals surface area contributed by atoms with Crippen LogP contribution in [-0.4, -0.2) is 18.0 Å². The lowest BCUT2D eigenvalue weighted by atomic mass is 9.53. The number of halogens is 1. The molecule has 4 heteroatoms. The van der Waals surface area contributed by atoms with Crippen molar-refractivity contribution in [3.63, 3.8) is 0 Å². The first kappa shape index (κ1) is 14.5. The molecule has 0 saturated heterocycles. The highest BCUT2D eigenvalue weighted by Crippen LogP contribution is 2.55. The second-order valence-corrected chi connectivity index (χ2v) is 8.04. The first-order valence-corrected chi connectivity index (χ1v) is 8.78. The third kappa shape index (κ3) is 2.89. The van der Waals surface area contributed by atoms with Gasteiger partial charge in [0.2, 0.25) is 5.91 Å². The van der Waals surface area contributed by atoms with Crippen LogP contribution >= 0.6 is 11.6 Å². The molecule has 5 rings (SSSR count). The Kier molecular flexibility index (Phi) is 3.66. The fourth-order valence-electron chi connectivity index (χ4n) is 5.33. The Morgan fingerprint density at radius 3 is 2.14 bits per heavy atom. The summed E-state index contributed by atoms with van der Waals surface area (Å²) in [5, 5.41) is 7.25. The third-order valence-corrected chi connectivity index (χ3v) is 6.04. The monoisotopic (exact) mass is 318 g/mol. The average Bonchev–Trinajstić information content (AvgIpc) is 2.46. The lowest BCUT2D eigenvalue weighted by molar-refractivity contribution is -0.116. The zero-order chi connectivity index (χ0) is 15.2. The number of nitrogens with one attached hydrogen (secondary N) is 2. The van der Waals surface area contributed by atoms with Crippen molar-refractivity contribution in [2.24, 2.45) is 17.8 Å². The van der Waals surface area contributed by atoms with Crippen molar-refractivity contribution in [2.75, 3.05) is 11.9 Å². The van der Waals surface area contributed by atoms with Crippen LogP contribution < -0.4 is 10.6 Å². The molecule has 0 aliphatic heterocycles. The molecule has 118 valence electrons. The standard InChI is InChI=1S/C18H23ClN2O/c19-15-1-3-16(4-2-15)21-17(22)11-20-18-8-12-5-13(9-18)7-14(6-12)10-18/h1-4,12-14,20H,5-11H2,(H,21,22). The van der Waals surface area contributed by atoms with Gasteiger partial charge in [-0.2, -0.15) is 0 Å². The highest BCUT2D eigenvalue weighted by molar-refractivity contribution is 6.30. The van der Waals surface area contributed by atoms with Crippen molar-refractivity contribution < 1.29 is 4.79 Å². The molecular weight excluding hydrogens is 296 g/mol. The summed E-state index contributed by atoms with van der Waals surface area (Å²) in [6, 6.07) is 7.27. The molecule has 0 radical (unpaired) electrons. The summed E-state index contributed by atoms with van der Waals surface area (Å²) in [6.07, 6.45) is 8.10. The topological polar surface area (TPSA) is 41.1 Å². The van der Waals surface area contributed by atoms with Crippen molar-refractivity contribution >= 4 is 23.2 Å². The summed E-state index contributed by atoms with van der Waals surface area (Å²) in [6.45, 7) is 0.411. The number of carbonyl (C=O) groups is 1. The van der Waals surface area contributed by atoms with Gasteiger partial charge in [-0.25, -0.2) is 0 Å². The maximum atomic E-state index is 12.2. The number of rotatable bonds is 4. The zero-order valence-corrected chi connectivity index (χ0v) is 13.5. The van der Waals surface area contributed by atoms with Crippen LogP contribution in [0.5, 0.6) is 0 Å². The van der Waals surface area contributed by atoms with Gasteiger partial charge in [0, 0.05) is 16.2 Å². The SMILES string of the molecule is O=C(CNC12CC3CC(CC(C3)C1)C2)Nc1ccc(Cl)cc1. The third-order valence-electron chi connectivity index (χ3n) is 5.79. The number of hydrogen-bond donors (Lipinski definition) is 2. The zero-order valence-electron chi connectivity index (χ0n) is 12.8. The molecule has 0 spiro atoms. The number of amides is 1. The van der Waals surface area contributed by atoms with E-state index in [4.69, 9.17) is 11.6 Å². The molecular formula is C18H23ClN2O. The highest BCUT2D eigenvalue weighted by atomic mass is 35.5. The van der Waals surface area contributed by atoms with Gasteiger partial charge < -0.3 is 10.6 Å². The van der Waals surface area contributed by atoms with Crippen LogP contribution in [0.15, 0.2) is 24.3 Å². The fraction of sp³-hybridized carbons (Fsp3) is 0.611. The summed E-state index contributed by atoms with van der Waals surface area (Å²) in [4.78, 5) is 12.2. The Balaban J connectivity index is 1.34. The van der Waals surface area contributed by atoms with Crippen molar-refractivity contribution in [2.45, 2.75) is 44.1 Å². The minimum absolute atomic E-state index is 0.0399. The van der Waals surface area contributed by atoms with Gasteiger partial charge in [-0.15, -0.1) is 0 Å². The highest BCUT2D eigenvalue weighted by Gasteiger charge is 2.50. The maximum Gasteiger partial charge on any atom is 0.238 e. The van der Waals surface area contributed by atoms with Crippen LogP contribution in [0.2, 0.25) is 5.02 Å². The maximum absolute atomic E-state index is 12.2. The number of anilines is 1. The predicted molar refractivity (Wildman–Crippen MR) is 89.0 cm³/mol. The summed E-state index contributed by atoms with van der Waals surface area (Å²) < 4.78 is 0. The van der Waals surface area contributed by atoms with E-state index in [-0.39, 0.29) is 11.4 Å². The summed E-state index contributed by atoms with van der Waals surface area (Å²) >= 11 is 5.86. The van der Waals surface area contributed by atoms with Crippen LogP contribution in [0.4, 0.5) is 5.69 Å². The molecule has 4 aliphatic rings. The minimum atomic E-state index is 0.0399. The molecule has 3 nitrogen and oxygen atoms in total. The van der Waals surface area contributed by atoms with E-state index >= 15 is 0 Å². The second kappa shape index (κ2) is 5.54. The molecule has 0 heterocycles. The quantitative estimate of drug-likeness (QED) is 0.885. The molecule has 2 N–H and O–H groups in total. The van der Waals surface area contributed by atoms with Gasteiger partial charge >= 0.3 is 0 Å². The molecule has 4 aliphatic carbocycles. The summed E-state index contributed by atoms with van der Waals surface area (Å²) in [7, 11) is 0. The van der Waals surface area contributed by atoms with E-state index in [9.17, 15) is 4.79 Å². The van der Waals surface area contributed by atoms with Gasteiger partial charge in [-0.05, 0) is 80.5 Å². The molecule has 4 saturated carbocycles. The summed E-state index contributed by atoms with van der Waals surface area (Å²) in [5.74, 6) is 2.74. The smallest absolute Gasteiger partial charge is 0.238 e. The van der Waals surface area contributed by atoms with Gasteiger partial charge in [0.1, 0.15) is 0 Å². The van der Waals surface area contributed by atoms with Crippen LogP contribution in [0, 0.1) is 17.8 Å². The molecule has 4 fully saturated rings. The Labute approximate surface area is 136 Å². The molecule has 1 aromatic rings. The Morgan fingerprint density at radius 2 is 1.59 bits per heavy atom. The van der Waals surface area contributed by atoms with Gasteiger partial charge in [-0.1, -0.05) is 11.6 Å². The number of carbonyl (C=O) groups excluding carboxylic acids is 1. The Hall–Kier alpha value is -1.06. The van der Waals surface area contributed by atoms with Crippen molar-refractivity contribution in [1.29, 1.82) is 0 Å². The first-order valence-electron chi connectivity index (χ1n) is 8.41. The first-order chi connectivity index (χ1) is 10.6. The van der Waals surface area contributed by atoms with Crippen LogP contribution in [-0.2, 0) is 4.79 Å². The number of benzene rings is 1. The average molecular weight is 319 g/mol. The lowest BCUT2D eigenvalue weighted by Crippen LogP contribution is -2.59. The van der Waals surface area contributed by atoms with Crippen LogP contribution in [0.1, 0.15) is 38.5 Å². The molecule has 0 atom stereocenters. The lowest BCUT2D eigenvalue weighted by Gasteiger charge is -2.57. The van der Waals surface area contributed by atoms with Crippen molar-refractivity contribution in [3.05, 3.63) is 29.3 Å². The van der Waals surface area contributed by atoms with Gasteiger partial charge in [0.05, 0.1) is 6.54 Å². The Morgan fingerprint density at radius 1 is 1.05 bits per heavy atom. The second-order valence-electron chi connectivity index (χ2n) is 7.61. The van der Waals surface area contributed by atoms with E-state index < -0.39 is 0 Å². The largest absolute Gasteiger partial charge is 0.325 e. The van der Waals surface area contributed by atoms with E-state index in [1.807, 2.05) is 12.1 Å². The van der Waals surface area contributed by atoms with Crippen molar-refractivity contribution in [1.82, 2.24) is 5.32 Å². The normalized spacial score (nSPS) is 35.6. The van der Waals surface area contributed by atoms with E-state index in [2.05, 4.69) is 10.6 Å². The Bertz CT molecular complexity index is 534. The number of hydrogen-bond acceptors (Lipinski definition) is 2. The molecule has 4 bridgehead atoms. The summed E-state index contributed by atoms with van der Waals surface area (Å²) in [5.41, 5.74) is 1.05. The predicted octanol–water partition coefficient (Wildman–Crippen LogP) is 3.84. The molecule has 1 aromatic carbocycles. The van der Waals surface area contributed by atoms with Gasteiger partial charge in [-0.3, -0.25) is 4.79 Å². The fourth-order valence-corrected chi connectivity index (χ4v) is 5.46. The van der Waals surface area contributed by atoms with Crippen LogP contribution in [0.25, 0.3) is 0 Å². The van der Waals surface area contributed by atoms with Crippen LogP contribution in [0.3, 0.4) is 0 Å². The molecule has 0 unspecified atom stereocenters. The van der Waals surface area contributed by atoms with E-state index in [1.54, 1.807) is 12.1 Å². The van der Waals surface area contributed by atoms with Crippen molar-refractivity contribution in [3.8, 4) is 0 Å². The van der Waals surface area contributed by atoms with E-state index in [0.29, 0.717) is 11.6 Å².